The van der Waals surface area contributed by atoms with Gasteiger partial charge in [-0.15, -0.1) is 0 Å². The van der Waals surface area contributed by atoms with E-state index in [0.29, 0.717) is 22.8 Å². The van der Waals surface area contributed by atoms with Gasteiger partial charge in [0, 0.05) is 28.6 Å². The Bertz CT molecular complexity index is 1030. The highest BCUT2D eigenvalue weighted by Gasteiger charge is 2.14. The molecule has 1 amide bonds. The molecule has 2 aromatic carbocycles. The van der Waals surface area contributed by atoms with E-state index in [4.69, 9.17) is 0 Å². The van der Waals surface area contributed by atoms with Crippen molar-refractivity contribution in [2.45, 2.75) is 33.1 Å². The minimum Gasteiger partial charge on any atom is -0.322 e. The standard InChI is InChI=1S/C22H23N3O2/c1-14-12-19(26)25-20(23-14)16-6-5-7-18(13-16)24-21(27)15-8-10-17(11-9-15)22(2,3)4/h5-13H,1-4H3,(H,24,27)(H,23,25,26). The van der Waals surface area contributed by atoms with E-state index < -0.39 is 0 Å². The molecular weight excluding hydrogens is 338 g/mol. The van der Waals surface area contributed by atoms with Crippen molar-refractivity contribution in [3.63, 3.8) is 0 Å². The van der Waals surface area contributed by atoms with E-state index in [-0.39, 0.29) is 16.9 Å². The number of hydrogen-bond acceptors (Lipinski definition) is 3. The van der Waals surface area contributed by atoms with Gasteiger partial charge in [0.05, 0.1) is 0 Å². The number of carbonyl (C=O) groups excluding carboxylic acids is 1. The third-order valence-electron chi connectivity index (χ3n) is 4.28. The SMILES string of the molecule is Cc1cc(=O)[nH]c(-c2cccc(NC(=O)c3ccc(C(C)(C)C)cc3)c2)n1. The lowest BCUT2D eigenvalue weighted by Gasteiger charge is -2.19. The van der Waals surface area contributed by atoms with Crippen molar-refractivity contribution in [3.05, 3.63) is 81.8 Å². The van der Waals surface area contributed by atoms with E-state index in [1.165, 1.54) is 11.6 Å². The van der Waals surface area contributed by atoms with E-state index in [1.807, 2.05) is 36.4 Å². The monoisotopic (exact) mass is 361 g/mol. The molecule has 0 fully saturated rings. The lowest BCUT2D eigenvalue weighted by molar-refractivity contribution is 0.102. The largest absolute Gasteiger partial charge is 0.322 e. The molecule has 3 rings (SSSR count). The van der Waals surface area contributed by atoms with Crippen LogP contribution in [0.15, 0.2) is 59.4 Å². The fraction of sp³-hybridized carbons (Fsp3) is 0.227. The molecule has 0 saturated carbocycles. The molecule has 0 saturated heterocycles. The van der Waals surface area contributed by atoms with Gasteiger partial charge >= 0.3 is 0 Å². The zero-order chi connectivity index (χ0) is 19.6. The molecule has 3 aromatic rings. The lowest BCUT2D eigenvalue weighted by Crippen LogP contribution is -2.14. The van der Waals surface area contributed by atoms with Crippen LogP contribution in [0.5, 0.6) is 0 Å². The Hall–Kier alpha value is -3.21. The number of aromatic nitrogens is 2. The quantitative estimate of drug-likeness (QED) is 0.730. The summed E-state index contributed by atoms with van der Waals surface area (Å²) in [5, 5.41) is 2.90. The van der Waals surface area contributed by atoms with Crippen LogP contribution in [0.2, 0.25) is 0 Å². The Kier molecular flexibility index (Phi) is 4.95. The van der Waals surface area contributed by atoms with Crippen molar-refractivity contribution in [3.8, 4) is 11.4 Å². The minimum atomic E-state index is -0.203. The number of carbonyl (C=O) groups is 1. The molecule has 27 heavy (non-hydrogen) atoms. The summed E-state index contributed by atoms with van der Waals surface area (Å²) in [6.07, 6.45) is 0. The van der Waals surface area contributed by atoms with Gasteiger partial charge in [-0.1, -0.05) is 45.0 Å². The van der Waals surface area contributed by atoms with Crippen LogP contribution in [0.3, 0.4) is 0 Å². The number of anilines is 1. The number of nitrogens with zero attached hydrogens (tertiary/aromatic N) is 1. The van der Waals surface area contributed by atoms with Gasteiger partial charge < -0.3 is 10.3 Å². The van der Waals surface area contributed by atoms with Crippen LogP contribution >= 0.6 is 0 Å². The Morgan fingerprint density at radius 3 is 2.37 bits per heavy atom. The molecule has 5 heteroatoms. The number of H-pyrrole nitrogens is 1. The molecule has 2 N–H and O–H groups in total. The van der Waals surface area contributed by atoms with Crippen molar-refractivity contribution in [2.75, 3.05) is 5.32 Å². The number of nitrogens with one attached hydrogen (secondary N) is 2. The summed E-state index contributed by atoms with van der Waals surface area (Å²) in [4.78, 5) is 31.3. The van der Waals surface area contributed by atoms with Gasteiger partial charge in [0.25, 0.3) is 11.5 Å². The molecule has 0 bridgehead atoms. The summed E-state index contributed by atoms with van der Waals surface area (Å²) in [6, 6.07) is 16.3. The third kappa shape index (κ3) is 4.50. The lowest BCUT2D eigenvalue weighted by atomic mass is 9.87. The summed E-state index contributed by atoms with van der Waals surface area (Å²) in [7, 11) is 0. The highest BCUT2D eigenvalue weighted by atomic mass is 16.1. The fourth-order valence-electron chi connectivity index (χ4n) is 2.78. The average Bonchev–Trinajstić information content (AvgIpc) is 2.60. The normalized spacial score (nSPS) is 11.3. The third-order valence-corrected chi connectivity index (χ3v) is 4.28. The second-order valence-electron chi connectivity index (χ2n) is 7.60. The van der Waals surface area contributed by atoms with Crippen LogP contribution in [0, 0.1) is 6.92 Å². The summed E-state index contributed by atoms with van der Waals surface area (Å²) in [6.45, 7) is 8.18. The minimum absolute atomic E-state index is 0.0427. The molecule has 1 aromatic heterocycles. The van der Waals surface area contributed by atoms with Crippen LogP contribution in [0.25, 0.3) is 11.4 Å². The molecule has 138 valence electrons. The van der Waals surface area contributed by atoms with Gasteiger partial charge in [0.15, 0.2) is 0 Å². The van der Waals surface area contributed by atoms with Gasteiger partial charge in [-0.05, 0) is 42.2 Å². The first-order valence-corrected chi connectivity index (χ1v) is 8.83. The Morgan fingerprint density at radius 1 is 1.04 bits per heavy atom. The number of benzene rings is 2. The maximum absolute atomic E-state index is 12.5. The molecule has 0 aliphatic carbocycles. The van der Waals surface area contributed by atoms with Gasteiger partial charge in [-0.25, -0.2) is 4.98 Å². The van der Waals surface area contributed by atoms with Crippen molar-refractivity contribution < 1.29 is 4.79 Å². The van der Waals surface area contributed by atoms with E-state index >= 15 is 0 Å². The van der Waals surface area contributed by atoms with Gasteiger partial charge in [-0.2, -0.15) is 0 Å². The topological polar surface area (TPSA) is 74.8 Å². The predicted molar refractivity (Wildman–Crippen MR) is 108 cm³/mol. The van der Waals surface area contributed by atoms with E-state index in [1.54, 1.807) is 19.1 Å². The summed E-state index contributed by atoms with van der Waals surface area (Å²) in [5.74, 6) is 0.295. The molecule has 0 spiro atoms. The first kappa shape index (κ1) is 18.6. The second kappa shape index (κ2) is 7.19. The predicted octanol–water partition coefficient (Wildman–Crippen LogP) is 4.30. The molecule has 5 nitrogen and oxygen atoms in total. The van der Waals surface area contributed by atoms with Gasteiger partial charge in [0.1, 0.15) is 5.82 Å². The molecule has 0 radical (unpaired) electrons. The fourth-order valence-corrected chi connectivity index (χ4v) is 2.78. The van der Waals surface area contributed by atoms with Crippen LogP contribution in [-0.2, 0) is 5.41 Å². The molecule has 0 atom stereocenters. The molecule has 0 unspecified atom stereocenters. The number of aryl methyl sites for hydroxylation is 1. The van der Waals surface area contributed by atoms with E-state index in [0.717, 1.165) is 5.56 Å². The van der Waals surface area contributed by atoms with Crippen LogP contribution in [0.4, 0.5) is 5.69 Å². The molecule has 1 heterocycles. The van der Waals surface area contributed by atoms with Crippen molar-refractivity contribution in [1.29, 1.82) is 0 Å². The van der Waals surface area contributed by atoms with E-state index in [9.17, 15) is 9.59 Å². The Balaban J connectivity index is 1.82. The maximum atomic E-state index is 12.5. The summed E-state index contributed by atoms with van der Waals surface area (Å²) in [5.41, 5.74) is 3.62. The van der Waals surface area contributed by atoms with Crippen molar-refractivity contribution in [2.24, 2.45) is 0 Å². The highest BCUT2D eigenvalue weighted by Crippen LogP contribution is 2.23. The maximum Gasteiger partial charge on any atom is 0.255 e. The van der Waals surface area contributed by atoms with Gasteiger partial charge in [-0.3, -0.25) is 9.59 Å². The zero-order valence-corrected chi connectivity index (χ0v) is 16.0. The summed E-state index contributed by atoms with van der Waals surface area (Å²) >= 11 is 0. The number of hydrogen-bond donors (Lipinski definition) is 2. The van der Waals surface area contributed by atoms with Crippen LogP contribution in [-0.4, -0.2) is 15.9 Å². The van der Waals surface area contributed by atoms with Crippen molar-refractivity contribution in [1.82, 2.24) is 9.97 Å². The van der Waals surface area contributed by atoms with Crippen LogP contribution < -0.4 is 10.9 Å². The first-order valence-electron chi connectivity index (χ1n) is 8.83. The Morgan fingerprint density at radius 2 is 1.74 bits per heavy atom. The van der Waals surface area contributed by atoms with E-state index in [2.05, 4.69) is 36.1 Å². The van der Waals surface area contributed by atoms with Crippen molar-refractivity contribution >= 4 is 11.6 Å². The van der Waals surface area contributed by atoms with Gasteiger partial charge in [0.2, 0.25) is 0 Å². The molecular formula is C22H23N3O2. The number of amides is 1. The number of aromatic amines is 1. The van der Waals surface area contributed by atoms with Crippen LogP contribution in [0.1, 0.15) is 42.4 Å². The average molecular weight is 361 g/mol. The first-order chi connectivity index (χ1) is 12.7. The Labute approximate surface area is 158 Å². The second-order valence-corrected chi connectivity index (χ2v) is 7.60. The summed E-state index contributed by atoms with van der Waals surface area (Å²) < 4.78 is 0. The zero-order valence-electron chi connectivity index (χ0n) is 16.0. The molecule has 0 aliphatic heterocycles. The molecule has 0 aliphatic rings. The smallest absolute Gasteiger partial charge is 0.255 e. The number of rotatable bonds is 3. The highest BCUT2D eigenvalue weighted by molar-refractivity contribution is 6.04.